The molecule has 0 unspecified atom stereocenters. The maximum absolute atomic E-state index is 13.4. The standard InChI is InChI=1S/C26H19N3O8S2/c30-17-5-1-3-15(11-17)28-38(34,35)19-8-10-22-23(13-19)25(27-33)21-9-7-20(14-24(21)26(22)32)39(36,37)29-16-4-2-6-18(31)12-16/h1-14,28-31,33H/b27-25-. The van der Waals surface area contributed by atoms with Crippen LogP contribution in [0.5, 0.6) is 11.5 Å². The molecular weight excluding hydrogens is 546 g/mol. The van der Waals surface area contributed by atoms with Crippen LogP contribution in [0.15, 0.2) is 99.9 Å². The monoisotopic (exact) mass is 565 g/mol. The van der Waals surface area contributed by atoms with Crippen molar-refractivity contribution < 1.29 is 37.1 Å². The first-order valence-electron chi connectivity index (χ1n) is 11.2. The van der Waals surface area contributed by atoms with Crippen LogP contribution in [0.4, 0.5) is 11.4 Å². The van der Waals surface area contributed by atoms with Crippen molar-refractivity contribution >= 4 is 42.9 Å². The molecule has 0 atom stereocenters. The van der Waals surface area contributed by atoms with Crippen molar-refractivity contribution in [2.75, 3.05) is 9.44 Å². The summed E-state index contributed by atoms with van der Waals surface area (Å²) in [6.45, 7) is 0. The number of phenolic OH excluding ortho intramolecular Hbond substituents is 2. The van der Waals surface area contributed by atoms with E-state index < -0.39 is 25.8 Å². The fourth-order valence-corrected chi connectivity index (χ4v) is 6.28. The Kier molecular flexibility index (Phi) is 6.24. The molecule has 0 fully saturated rings. The van der Waals surface area contributed by atoms with E-state index in [4.69, 9.17) is 0 Å². The minimum atomic E-state index is -4.17. The molecule has 39 heavy (non-hydrogen) atoms. The SMILES string of the molecule is O=C1c2cc(S(=O)(=O)Nc3cccc(O)c3)ccc2/C(=N/O)c2cc(S(=O)(=O)Nc3cccc(O)c3)ccc21. The summed E-state index contributed by atoms with van der Waals surface area (Å²) in [4.78, 5) is 12.9. The van der Waals surface area contributed by atoms with Gasteiger partial charge in [0.05, 0.1) is 21.2 Å². The molecule has 0 saturated heterocycles. The maximum Gasteiger partial charge on any atom is 0.261 e. The Labute approximate surface area is 222 Å². The van der Waals surface area contributed by atoms with Gasteiger partial charge in [0.1, 0.15) is 17.2 Å². The highest BCUT2D eigenvalue weighted by atomic mass is 32.2. The lowest BCUT2D eigenvalue weighted by Gasteiger charge is -2.21. The van der Waals surface area contributed by atoms with E-state index in [-0.39, 0.29) is 60.6 Å². The van der Waals surface area contributed by atoms with Crippen LogP contribution >= 0.6 is 0 Å². The quantitative estimate of drug-likeness (QED) is 0.153. The Morgan fingerprint density at radius 3 is 1.56 bits per heavy atom. The Morgan fingerprint density at radius 2 is 1.08 bits per heavy atom. The van der Waals surface area contributed by atoms with Gasteiger partial charge in [0.15, 0.2) is 5.78 Å². The van der Waals surface area contributed by atoms with Gasteiger partial charge >= 0.3 is 0 Å². The zero-order chi connectivity index (χ0) is 27.9. The Morgan fingerprint density at radius 1 is 0.590 bits per heavy atom. The van der Waals surface area contributed by atoms with E-state index in [1.807, 2.05) is 0 Å². The van der Waals surface area contributed by atoms with E-state index in [0.717, 1.165) is 6.07 Å². The third-order valence-corrected chi connectivity index (χ3v) is 8.66. The average molecular weight is 566 g/mol. The van der Waals surface area contributed by atoms with Crippen LogP contribution in [0.25, 0.3) is 0 Å². The summed E-state index contributed by atoms with van der Waals surface area (Å²) in [6, 6.07) is 18.2. The van der Waals surface area contributed by atoms with Gasteiger partial charge in [-0.1, -0.05) is 23.4 Å². The second kappa shape index (κ2) is 9.45. The van der Waals surface area contributed by atoms with Crippen molar-refractivity contribution in [1.29, 1.82) is 0 Å². The molecule has 5 N–H and O–H groups in total. The van der Waals surface area contributed by atoms with E-state index in [9.17, 15) is 37.1 Å². The largest absolute Gasteiger partial charge is 0.508 e. The predicted molar refractivity (Wildman–Crippen MR) is 142 cm³/mol. The Bertz CT molecular complexity index is 1900. The van der Waals surface area contributed by atoms with Crippen LogP contribution in [0.3, 0.4) is 0 Å². The highest BCUT2D eigenvalue weighted by Crippen LogP contribution is 2.32. The number of hydrogen-bond acceptors (Lipinski definition) is 9. The van der Waals surface area contributed by atoms with E-state index in [0.29, 0.717) is 0 Å². The van der Waals surface area contributed by atoms with Crippen molar-refractivity contribution in [3.63, 3.8) is 0 Å². The summed E-state index contributed by atoms with van der Waals surface area (Å²) >= 11 is 0. The van der Waals surface area contributed by atoms with Gasteiger partial charge in [-0.3, -0.25) is 14.2 Å². The lowest BCUT2D eigenvalue weighted by atomic mass is 9.83. The molecule has 1 aliphatic carbocycles. The van der Waals surface area contributed by atoms with Gasteiger partial charge < -0.3 is 15.4 Å². The van der Waals surface area contributed by atoms with Crippen molar-refractivity contribution in [1.82, 2.24) is 0 Å². The number of benzene rings is 4. The average Bonchev–Trinajstić information content (AvgIpc) is 2.88. The normalized spacial score (nSPS) is 13.9. The van der Waals surface area contributed by atoms with Crippen molar-refractivity contribution in [3.8, 4) is 11.5 Å². The molecule has 4 aromatic rings. The van der Waals surface area contributed by atoms with E-state index in [1.54, 1.807) is 0 Å². The highest BCUT2D eigenvalue weighted by Gasteiger charge is 2.32. The number of aromatic hydroxyl groups is 2. The van der Waals surface area contributed by atoms with Gasteiger partial charge in [-0.05, 0) is 54.6 Å². The summed E-state index contributed by atoms with van der Waals surface area (Å²) in [5.74, 6) is -0.891. The number of sulfonamides is 2. The third-order valence-electron chi connectivity index (χ3n) is 5.90. The van der Waals surface area contributed by atoms with E-state index in [2.05, 4.69) is 14.6 Å². The van der Waals surface area contributed by atoms with Crippen LogP contribution in [0, 0.1) is 0 Å². The number of carbonyl (C=O) groups excluding carboxylic acids is 1. The van der Waals surface area contributed by atoms with Crippen LogP contribution in [-0.4, -0.2) is 43.8 Å². The lowest BCUT2D eigenvalue weighted by Crippen LogP contribution is -2.24. The first-order chi connectivity index (χ1) is 18.5. The van der Waals surface area contributed by atoms with Crippen LogP contribution in [0.2, 0.25) is 0 Å². The second-order valence-electron chi connectivity index (χ2n) is 8.50. The molecule has 0 aliphatic heterocycles. The topological polar surface area (TPSA) is 182 Å². The van der Waals surface area contributed by atoms with Gasteiger partial charge in [-0.15, -0.1) is 0 Å². The number of carbonyl (C=O) groups is 1. The zero-order valence-corrected chi connectivity index (χ0v) is 21.4. The number of ketones is 1. The molecule has 0 amide bonds. The molecule has 0 radical (unpaired) electrons. The third kappa shape index (κ3) is 4.87. The van der Waals surface area contributed by atoms with Gasteiger partial charge in [0.2, 0.25) is 0 Å². The summed E-state index contributed by atoms with van der Waals surface area (Å²) < 4.78 is 56.5. The molecule has 0 aromatic heterocycles. The van der Waals surface area contributed by atoms with Crippen molar-refractivity contribution in [3.05, 3.63) is 107 Å². The molecule has 13 heteroatoms. The minimum absolute atomic E-state index is 0.00194. The Hall–Kier alpha value is -4.88. The van der Waals surface area contributed by atoms with Crippen molar-refractivity contribution in [2.45, 2.75) is 9.79 Å². The number of oxime groups is 1. The second-order valence-corrected chi connectivity index (χ2v) is 11.9. The first-order valence-corrected chi connectivity index (χ1v) is 14.1. The first kappa shape index (κ1) is 25.8. The smallest absolute Gasteiger partial charge is 0.261 e. The maximum atomic E-state index is 13.4. The Balaban J connectivity index is 1.52. The number of fused-ring (bicyclic) bond motifs is 2. The highest BCUT2D eigenvalue weighted by molar-refractivity contribution is 7.93. The molecule has 198 valence electrons. The fraction of sp³-hybridized carbons (Fsp3) is 0. The molecular formula is C26H19N3O8S2. The molecule has 0 spiro atoms. The molecule has 0 heterocycles. The van der Waals surface area contributed by atoms with Gasteiger partial charge in [0.25, 0.3) is 20.0 Å². The van der Waals surface area contributed by atoms with Crippen LogP contribution < -0.4 is 9.44 Å². The zero-order valence-electron chi connectivity index (χ0n) is 19.7. The summed E-state index contributed by atoms with van der Waals surface area (Å²) in [7, 11) is -8.33. The predicted octanol–water partition coefficient (Wildman–Crippen LogP) is 3.47. The molecule has 4 aromatic carbocycles. The van der Waals surface area contributed by atoms with Gasteiger partial charge in [-0.25, -0.2) is 16.8 Å². The number of nitrogens with one attached hydrogen (secondary N) is 2. The lowest BCUT2D eigenvalue weighted by molar-refractivity contribution is 0.103. The number of anilines is 2. The number of phenols is 2. The fourth-order valence-electron chi connectivity index (χ4n) is 4.13. The molecule has 0 saturated carbocycles. The summed E-state index contributed by atoms with van der Waals surface area (Å²) in [6.07, 6.45) is 0. The van der Waals surface area contributed by atoms with Gasteiger partial charge in [-0.2, -0.15) is 0 Å². The van der Waals surface area contributed by atoms with Gasteiger partial charge in [0, 0.05) is 34.4 Å². The number of hydrogen-bond donors (Lipinski definition) is 5. The van der Waals surface area contributed by atoms with E-state index >= 15 is 0 Å². The number of rotatable bonds is 6. The minimum Gasteiger partial charge on any atom is -0.508 e. The summed E-state index contributed by atoms with van der Waals surface area (Å²) in [5.41, 5.74) is 0.154. The van der Waals surface area contributed by atoms with Crippen LogP contribution in [-0.2, 0) is 20.0 Å². The van der Waals surface area contributed by atoms with E-state index in [1.165, 1.54) is 78.9 Å². The number of nitrogens with zero attached hydrogens (tertiary/aromatic N) is 1. The molecule has 11 nitrogen and oxygen atoms in total. The molecule has 0 bridgehead atoms. The summed E-state index contributed by atoms with van der Waals surface area (Å²) in [5, 5.41) is 32.3. The van der Waals surface area contributed by atoms with Crippen LogP contribution in [0.1, 0.15) is 27.0 Å². The molecule has 1 aliphatic rings. The molecule has 5 rings (SSSR count). The van der Waals surface area contributed by atoms with Crippen molar-refractivity contribution in [2.24, 2.45) is 5.16 Å².